The smallest absolute Gasteiger partial charge is 0.416 e. The number of halogens is 3. The minimum atomic E-state index is -4.51. The highest BCUT2D eigenvalue weighted by molar-refractivity contribution is 5.93. The molecule has 0 saturated carbocycles. The van der Waals surface area contributed by atoms with Gasteiger partial charge in [-0.3, -0.25) is 0 Å². The number of benzene rings is 1. The van der Waals surface area contributed by atoms with Gasteiger partial charge < -0.3 is 14.5 Å². The van der Waals surface area contributed by atoms with Crippen molar-refractivity contribution in [2.45, 2.75) is 26.1 Å². The average Bonchev–Trinajstić information content (AvgIpc) is 2.45. The highest BCUT2D eigenvalue weighted by Gasteiger charge is 2.35. The molecule has 2 rings (SSSR count). The summed E-state index contributed by atoms with van der Waals surface area (Å²) in [5.41, 5.74) is 0.0927. The Bertz CT molecular complexity index is 596. The largest absolute Gasteiger partial charge is 0.465 e. The van der Waals surface area contributed by atoms with Gasteiger partial charge in [0.15, 0.2) is 0 Å². The summed E-state index contributed by atoms with van der Waals surface area (Å²) >= 11 is 0. The number of methoxy groups -OCH3 is 1. The van der Waals surface area contributed by atoms with E-state index in [1.54, 1.807) is 6.92 Å². The van der Waals surface area contributed by atoms with Gasteiger partial charge in [0.05, 0.1) is 24.3 Å². The summed E-state index contributed by atoms with van der Waals surface area (Å²) in [5, 5.41) is 0. The average molecular weight is 330 g/mol. The molecule has 4 nitrogen and oxygen atoms in total. The van der Waals surface area contributed by atoms with Crippen LogP contribution in [-0.2, 0) is 10.9 Å². The Balaban J connectivity index is 2.54. The van der Waals surface area contributed by atoms with E-state index in [0.717, 1.165) is 25.2 Å². The lowest BCUT2D eigenvalue weighted by molar-refractivity contribution is -0.137. The van der Waals surface area contributed by atoms with Crippen LogP contribution >= 0.6 is 0 Å². The van der Waals surface area contributed by atoms with Crippen molar-refractivity contribution in [3.8, 4) is 0 Å². The van der Waals surface area contributed by atoms with Crippen LogP contribution in [0.15, 0.2) is 12.1 Å². The van der Waals surface area contributed by atoms with Gasteiger partial charge in [0.1, 0.15) is 0 Å². The molecular formula is C16H21F3N2O2. The highest BCUT2D eigenvalue weighted by Crippen LogP contribution is 2.36. The normalized spacial score (nSPS) is 16.1. The van der Waals surface area contributed by atoms with Gasteiger partial charge in [0, 0.05) is 25.3 Å². The molecule has 1 heterocycles. The SMILES string of the molecule is CCN(c1cc(C(F)(F)F)cc(C(=O)OC)c1C)C1CN(C)C1. The van der Waals surface area contributed by atoms with Gasteiger partial charge in [-0.05, 0) is 38.6 Å². The predicted molar refractivity (Wildman–Crippen MR) is 81.8 cm³/mol. The molecule has 0 spiro atoms. The lowest BCUT2D eigenvalue weighted by atomic mass is 9.98. The molecular weight excluding hydrogens is 309 g/mol. The van der Waals surface area contributed by atoms with Gasteiger partial charge in [-0.15, -0.1) is 0 Å². The van der Waals surface area contributed by atoms with Gasteiger partial charge in [-0.1, -0.05) is 0 Å². The van der Waals surface area contributed by atoms with E-state index in [9.17, 15) is 18.0 Å². The Morgan fingerprint density at radius 3 is 2.43 bits per heavy atom. The molecule has 0 bridgehead atoms. The fraction of sp³-hybridized carbons (Fsp3) is 0.562. The van der Waals surface area contributed by atoms with Crippen molar-refractivity contribution in [1.29, 1.82) is 0 Å². The molecule has 0 aromatic heterocycles. The van der Waals surface area contributed by atoms with Crippen LogP contribution in [0.4, 0.5) is 18.9 Å². The molecule has 0 amide bonds. The molecule has 1 aliphatic rings. The Hall–Kier alpha value is -1.76. The Morgan fingerprint density at radius 2 is 2.00 bits per heavy atom. The van der Waals surface area contributed by atoms with Crippen LogP contribution in [0, 0.1) is 6.92 Å². The number of anilines is 1. The monoisotopic (exact) mass is 330 g/mol. The molecule has 7 heteroatoms. The molecule has 1 aromatic carbocycles. The molecule has 0 atom stereocenters. The first-order chi connectivity index (χ1) is 10.7. The molecule has 1 saturated heterocycles. The second-order valence-electron chi connectivity index (χ2n) is 5.82. The number of rotatable bonds is 4. The van der Waals surface area contributed by atoms with Gasteiger partial charge in [0.2, 0.25) is 0 Å². The number of likely N-dealkylation sites (N-methyl/N-ethyl adjacent to an activating group) is 2. The third kappa shape index (κ3) is 3.44. The summed E-state index contributed by atoms with van der Waals surface area (Å²) < 4.78 is 44.2. The number of hydrogen-bond donors (Lipinski definition) is 0. The number of esters is 1. The molecule has 0 aliphatic carbocycles. The van der Waals surface area contributed by atoms with Gasteiger partial charge in [-0.25, -0.2) is 4.79 Å². The van der Waals surface area contributed by atoms with Crippen LogP contribution < -0.4 is 4.90 Å². The second-order valence-corrected chi connectivity index (χ2v) is 5.82. The lowest BCUT2D eigenvalue weighted by Gasteiger charge is -2.45. The first kappa shape index (κ1) is 17.6. The summed E-state index contributed by atoms with van der Waals surface area (Å²) in [5.74, 6) is -0.753. The van der Waals surface area contributed by atoms with Crippen LogP contribution in [0.2, 0.25) is 0 Å². The Kier molecular flexibility index (Phi) is 4.89. The first-order valence-electron chi connectivity index (χ1n) is 7.44. The molecule has 0 N–H and O–H groups in total. The minimum Gasteiger partial charge on any atom is -0.465 e. The van der Waals surface area contributed by atoms with Crippen LogP contribution in [-0.4, -0.2) is 50.7 Å². The van der Waals surface area contributed by atoms with Crippen LogP contribution in [0.3, 0.4) is 0 Å². The van der Waals surface area contributed by atoms with Gasteiger partial charge in [0.25, 0.3) is 0 Å². The summed E-state index contributed by atoms with van der Waals surface area (Å²) in [7, 11) is 3.13. The Morgan fingerprint density at radius 1 is 1.39 bits per heavy atom. The number of likely N-dealkylation sites (tertiary alicyclic amines) is 1. The van der Waals surface area contributed by atoms with Crippen LogP contribution in [0.5, 0.6) is 0 Å². The van der Waals surface area contributed by atoms with E-state index < -0.39 is 17.7 Å². The molecule has 0 unspecified atom stereocenters. The zero-order chi connectivity index (χ0) is 17.4. The zero-order valence-electron chi connectivity index (χ0n) is 13.7. The van der Waals surface area contributed by atoms with Crippen LogP contribution in [0.25, 0.3) is 0 Å². The molecule has 0 radical (unpaired) electrons. The van der Waals surface area contributed by atoms with Crippen molar-refractivity contribution in [1.82, 2.24) is 4.90 Å². The fourth-order valence-electron chi connectivity index (χ4n) is 2.97. The topological polar surface area (TPSA) is 32.8 Å². The van der Waals surface area contributed by atoms with E-state index in [2.05, 4.69) is 9.64 Å². The number of carbonyl (C=O) groups excluding carboxylic acids is 1. The quantitative estimate of drug-likeness (QED) is 0.795. The van der Waals surface area contributed by atoms with Crippen molar-refractivity contribution >= 4 is 11.7 Å². The van der Waals surface area contributed by atoms with Gasteiger partial charge >= 0.3 is 12.1 Å². The fourth-order valence-corrected chi connectivity index (χ4v) is 2.97. The van der Waals surface area contributed by atoms with E-state index in [-0.39, 0.29) is 11.6 Å². The number of hydrogen-bond acceptors (Lipinski definition) is 4. The summed E-state index contributed by atoms with van der Waals surface area (Å²) in [4.78, 5) is 15.9. The van der Waals surface area contributed by atoms with Crippen LogP contribution in [0.1, 0.15) is 28.4 Å². The summed E-state index contributed by atoms with van der Waals surface area (Å²) in [6.45, 7) is 5.71. The van der Waals surface area contributed by atoms with E-state index in [1.807, 2.05) is 18.9 Å². The van der Waals surface area contributed by atoms with Gasteiger partial charge in [-0.2, -0.15) is 13.2 Å². The Labute approximate surface area is 133 Å². The molecule has 23 heavy (non-hydrogen) atoms. The zero-order valence-corrected chi connectivity index (χ0v) is 13.7. The number of ether oxygens (including phenoxy) is 1. The highest BCUT2D eigenvalue weighted by atomic mass is 19.4. The van der Waals surface area contributed by atoms with Crippen molar-refractivity contribution in [2.24, 2.45) is 0 Å². The predicted octanol–water partition coefficient (Wildman–Crippen LogP) is 2.94. The molecule has 1 fully saturated rings. The van der Waals surface area contributed by atoms with E-state index in [1.165, 1.54) is 7.11 Å². The van der Waals surface area contributed by atoms with E-state index >= 15 is 0 Å². The third-order valence-corrected chi connectivity index (χ3v) is 4.25. The van der Waals surface area contributed by atoms with Crippen molar-refractivity contribution in [3.05, 3.63) is 28.8 Å². The van der Waals surface area contributed by atoms with Crippen molar-refractivity contribution < 1.29 is 22.7 Å². The summed E-state index contributed by atoms with van der Waals surface area (Å²) in [6.07, 6.45) is -4.51. The maximum absolute atomic E-state index is 13.2. The lowest BCUT2D eigenvalue weighted by Crippen LogP contribution is -2.58. The number of carbonyl (C=O) groups is 1. The third-order valence-electron chi connectivity index (χ3n) is 4.25. The first-order valence-corrected chi connectivity index (χ1v) is 7.44. The molecule has 1 aromatic rings. The van der Waals surface area contributed by atoms with E-state index in [4.69, 9.17) is 0 Å². The summed E-state index contributed by atoms with van der Waals surface area (Å²) in [6, 6.07) is 2.15. The maximum atomic E-state index is 13.2. The minimum absolute atomic E-state index is 0.0385. The number of nitrogens with zero attached hydrogens (tertiary/aromatic N) is 2. The molecule has 1 aliphatic heterocycles. The van der Waals surface area contributed by atoms with E-state index in [0.29, 0.717) is 17.8 Å². The maximum Gasteiger partial charge on any atom is 0.416 e. The molecule has 128 valence electrons. The van der Waals surface area contributed by atoms with Crippen molar-refractivity contribution in [2.75, 3.05) is 38.7 Å². The second kappa shape index (κ2) is 6.39. The van der Waals surface area contributed by atoms with Crippen molar-refractivity contribution in [3.63, 3.8) is 0 Å². The standard InChI is InChI=1S/C16H21F3N2O2/c1-5-21(12-8-20(3)9-12)14-7-11(16(17,18)19)6-13(10(14)2)15(22)23-4/h6-7,12H,5,8-9H2,1-4H3. The number of alkyl halides is 3.